The quantitative estimate of drug-likeness (QED) is 0.294. The van der Waals surface area contributed by atoms with Crippen molar-refractivity contribution < 1.29 is 28.3 Å². The van der Waals surface area contributed by atoms with E-state index in [9.17, 15) is 14.0 Å². The third-order valence-corrected chi connectivity index (χ3v) is 6.10. The van der Waals surface area contributed by atoms with E-state index in [4.69, 9.17) is 14.4 Å². The van der Waals surface area contributed by atoms with E-state index < -0.39 is 12.1 Å². The largest absolute Gasteiger partial charge is 0.481 e. The Morgan fingerprint density at radius 1 is 1.11 bits per heavy atom. The standard InChI is InChI=1S/C26H22FN3O5S/c1-16-24(29-26(33)34-13-12-18-4-2-3-5-21(18)27)25(35-30-16)19-7-9-20(10-8-19)36-22-11-6-17(15-28-22)14-23(31)32/h2-11,15H,12-14H2,1H3,(H,29,33)(H,31,32). The number of pyridine rings is 1. The highest BCUT2D eigenvalue weighted by Crippen LogP contribution is 2.33. The summed E-state index contributed by atoms with van der Waals surface area (Å²) in [6, 6.07) is 17.3. The Morgan fingerprint density at radius 3 is 2.58 bits per heavy atom. The van der Waals surface area contributed by atoms with Crippen LogP contribution in [0.5, 0.6) is 0 Å². The molecule has 2 N–H and O–H groups in total. The van der Waals surface area contributed by atoms with Gasteiger partial charge in [-0.05, 0) is 54.4 Å². The first-order valence-corrected chi connectivity index (χ1v) is 11.8. The predicted molar refractivity (Wildman–Crippen MR) is 131 cm³/mol. The molecule has 2 heterocycles. The van der Waals surface area contributed by atoms with Gasteiger partial charge in [-0.25, -0.2) is 14.2 Å². The number of aryl methyl sites for hydroxylation is 1. The lowest BCUT2D eigenvalue weighted by Crippen LogP contribution is -2.16. The molecule has 36 heavy (non-hydrogen) atoms. The zero-order valence-corrected chi connectivity index (χ0v) is 20.0. The summed E-state index contributed by atoms with van der Waals surface area (Å²) < 4.78 is 24.4. The van der Waals surface area contributed by atoms with Gasteiger partial charge in [-0.2, -0.15) is 0 Å². The molecule has 0 radical (unpaired) electrons. The molecule has 0 aliphatic rings. The van der Waals surface area contributed by atoms with E-state index in [0.717, 1.165) is 9.92 Å². The van der Waals surface area contributed by atoms with Crippen LogP contribution in [-0.4, -0.2) is 33.9 Å². The number of carbonyl (C=O) groups is 2. The van der Waals surface area contributed by atoms with Crippen LogP contribution in [-0.2, 0) is 22.4 Å². The summed E-state index contributed by atoms with van der Waals surface area (Å²) in [5.41, 5.74) is 2.68. The van der Waals surface area contributed by atoms with E-state index in [1.807, 2.05) is 24.3 Å². The predicted octanol–water partition coefficient (Wildman–Crippen LogP) is 5.75. The average Bonchev–Trinajstić information content (AvgIpc) is 3.21. The monoisotopic (exact) mass is 507 g/mol. The second-order valence-electron chi connectivity index (χ2n) is 7.78. The number of aromatic nitrogens is 2. The van der Waals surface area contributed by atoms with E-state index >= 15 is 0 Å². The molecule has 0 aliphatic carbocycles. The summed E-state index contributed by atoms with van der Waals surface area (Å²) in [5.74, 6) is -0.863. The number of anilines is 1. The van der Waals surface area contributed by atoms with Gasteiger partial charge >= 0.3 is 12.1 Å². The van der Waals surface area contributed by atoms with Gasteiger partial charge in [0.2, 0.25) is 0 Å². The van der Waals surface area contributed by atoms with E-state index in [2.05, 4.69) is 15.5 Å². The van der Waals surface area contributed by atoms with Crippen molar-refractivity contribution in [2.45, 2.75) is 29.7 Å². The molecule has 4 rings (SSSR count). The Kier molecular flexibility index (Phi) is 7.96. The van der Waals surface area contributed by atoms with Gasteiger partial charge in [-0.1, -0.05) is 41.2 Å². The van der Waals surface area contributed by atoms with Crippen LogP contribution < -0.4 is 5.32 Å². The van der Waals surface area contributed by atoms with E-state index in [1.54, 1.807) is 43.5 Å². The maximum atomic E-state index is 13.7. The average molecular weight is 508 g/mol. The van der Waals surface area contributed by atoms with Crippen molar-refractivity contribution in [3.8, 4) is 11.3 Å². The molecule has 0 unspecified atom stereocenters. The molecule has 8 nitrogen and oxygen atoms in total. The third kappa shape index (κ3) is 6.48. The number of aliphatic carboxylic acids is 1. The number of carboxylic acids is 1. The molecule has 10 heteroatoms. The zero-order valence-electron chi connectivity index (χ0n) is 19.2. The van der Waals surface area contributed by atoms with Crippen LogP contribution in [0.1, 0.15) is 16.8 Å². The molecule has 0 saturated carbocycles. The van der Waals surface area contributed by atoms with Gasteiger partial charge < -0.3 is 14.4 Å². The Labute approximate surface area is 210 Å². The van der Waals surface area contributed by atoms with Crippen LogP contribution in [0.25, 0.3) is 11.3 Å². The molecule has 0 atom stereocenters. The molecular formula is C26H22FN3O5S. The van der Waals surface area contributed by atoms with Crippen LogP contribution in [0.15, 0.2) is 81.3 Å². The normalized spacial score (nSPS) is 10.7. The number of amides is 1. The number of benzene rings is 2. The highest BCUT2D eigenvalue weighted by atomic mass is 32.2. The SMILES string of the molecule is Cc1noc(-c2ccc(Sc3ccc(CC(=O)O)cn3)cc2)c1NC(=O)OCCc1ccccc1F. The fraction of sp³-hybridized carbons (Fsp3) is 0.154. The molecule has 0 fully saturated rings. The Hall–Kier alpha value is -4.18. The number of hydrogen-bond acceptors (Lipinski definition) is 7. The molecule has 4 aromatic rings. The molecule has 2 aromatic heterocycles. The van der Waals surface area contributed by atoms with E-state index in [1.165, 1.54) is 17.8 Å². The molecular weight excluding hydrogens is 485 g/mol. The van der Waals surface area contributed by atoms with Gasteiger partial charge in [0.1, 0.15) is 22.2 Å². The van der Waals surface area contributed by atoms with E-state index in [-0.39, 0.29) is 25.3 Å². The van der Waals surface area contributed by atoms with E-state index in [0.29, 0.717) is 33.8 Å². The summed E-state index contributed by atoms with van der Waals surface area (Å²) in [7, 11) is 0. The van der Waals surface area contributed by atoms with Crippen molar-refractivity contribution in [1.29, 1.82) is 0 Å². The third-order valence-electron chi connectivity index (χ3n) is 5.14. The molecule has 0 bridgehead atoms. The lowest BCUT2D eigenvalue weighted by Gasteiger charge is -2.08. The fourth-order valence-corrected chi connectivity index (χ4v) is 4.11. The number of carbonyl (C=O) groups excluding carboxylic acids is 1. The second-order valence-corrected chi connectivity index (χ2v) is 8.87. The Morgan fingerprint density at radius 2 is 1.89 bits per heavy atom. The smallest absolute Gasteiger partial charge is 0.411 e. The summed E-state index contributed by atoms with van der Waals surface area (Å²) in [6.45, 7) is 1.72. The van der Waals surface area contributed by atoms with Crippen molar-refractivity contribution in [1.82, 2.24) is 10.1 Å². The summed E-state index contributed by atoms with van der Waals surface area (Å²) >= 11 is 1.43. The molecule has 184 valence electrons. The number of ether oxygens (including phenoxy) is 1. The Balaban J connectivity index is 1.37. The van der Waals surface area contributed by atoms with Crippen LogP contribution in [0.2, 0.25) is 0 Å². The minimum Gasteiger partial charge on any atom is -0.481 e. The van der Waals surface area contributed by atoms with Gasteiger partial charge in [0.05, 0.1) is 13.0 Å². The number of halogens is 1. The number of nitrogens with zero attached hydrogens (tertiary/aromatic N) is 2. The first-order valence-electron chi connectivity index (χ1n) is 11.0. The maximum absolute atomic E-state index is 13.7. The van der Waals surface area contributed by atoms with Crippen molar-refractivity contribution in [2.75, 3.05) is 11.9 Å². The fourth-order valence-electron chi connectivity index (χ4n) is 3.35. The maximum Gasteiger partial charge on any atom is 0.411 e. The summed E-state index contributed by atoms with van der Waals surface area (Å²) in [5, 5.41) is 16.2. The molecule has 1 amide bonds. The molecule has 0 saturated heterocycles. The zero-order chi connectivity index (χ0) is 25.5. The number of rotatable bonds is 9. The topological polar surface area (TPSA) is 115 Å². The van der Waals surface area contributed by atoms with Crippen LogP contribution in [0, 0.1) is 12.7 Å². The van der Waals surface area contributed by atoms with Crippen LogP contribution >= 0.6 is 11.8 Å². The second kappa shape index (κ2) is 11.5. The Bertz CT molecular complexity index is 1360. The summed E-state index contributed by atoms with van der Waals surface area (Å²) in [4.78, 5) is 28.3. The highest BCUT2D eigenvalue weighted by molar-refractivity contribution is 7.99. The van der Waals surface area contributed by atoms with Gasteiger partial charge in [0, 0.05) is 23.1 Å². The van der Waals surface area contributed by atoms with Crippen LogP contribution in [0.4, 0.5) is 14.9 Å². The number of hydrogen-bond donors (Lipinski definition) is 2. The van der Waals surface area contributed by atoms with Gasteiger partial charge in [-0.15, -0.1) is 0 Å². The lowest BCUT2D eigenvalue weighted by molar-refractivity contribution is -0.136. The van der Waals surface area contributed by atoms with Gasteiger partial charge in [-0.3, -0.25) is 10.1 Å². The van der Waals surface area contributed by atoms with Gasteiger partial charge in [0.25, 0.3) is 0 Å². The van der Waals surface area contributed by atoms with Gasteiger partial charge in [0.15, 0.2) is 5.76 Å². The summed E-state index contributed by atoms with van der Waals surface area (Å²) in [6.07, 6.45) is 1.04. The van der Waals surface area contributed by atoms with Crippen molar-refractivity contribution >= 4 is 29.5 Å². The van der Waals surface area contributed by atoms with Crippen molar-refractivity contribution in [3.05, 3.63) is 89.5 Å². The van der Waals surface area contributed by atoms with Crippen molar-refractivity contribution in [2.24, 2.45) is 0 Å². The first-order chi connectivity index (χ1) is 17.4. The minimum atomic E-state index is -0.903. The minimum absolute atomic E-state index is 0.0175. The molecule has 2 aromatic carbocycles. The number of carboxylic acid groups (broad SMARTS) is 1. The molecule has 0 spiro atoms. The molecule has 0 aliphatic heterocycles. The highest BCUT2D eigenvalue weighted by Gasteiger charge is 2.18. The van der Waals surface area contributed by atoms with Crippen LogP contribution in [0.3, 0.4) is 0 Å². The number of nitrogens with one attached hydrogen (secondary N) is 1. The van der Waals surface area contributed by atoms with Crippen molar-refractivity contribution in [3.63, 3.8) is 0 Å². The lowest BCUT2D eigenvalue weighted by atomic mass is 10.1. The first kappa shape index (κ1) is 24.9.